The Balaban J connectivity index is 2.55. The normalized spacial score (nSPS) is 16.8. The molecule has 1 aliphatic rings. The van der Waals surface area contributed by atoms with Crippen molar-refractivity contribution in [1.82, 2.24) is 5.32 Å². The van der Waals surface area contributed by atoms with E-state index < -0.39 is 0 Å². The summed E-state index contributed by atoms with van der Waals surface area (Å²) in [5.41, 5.74) is 0.623. The predicted octanol–water partition coefficient (Wildman–Crippen LogP) is 0.834. The van der Waals surface area contributed by atoms with Gasteiger partial charge in [0.2, 0.25) is 0 Å². The molecule has 0 saturated carbocycles. The molecule has 0 amide bonds. The number of allylic oxidation sites excluding steroid dienone is 1. The second-order valence-electron chi connectivity index (χ2n) is 1.27. The van der Waals surface area contributed by atoms with Crippen LogP contribution in [0.2, 0.25) is 0 Å². The van der Waals surface area contributed by atoms with E-state index in [-0.39, 0.29) is 0 Å². The number of aldehydes is 1. The molecule has 0 atom stereocenters. The van der Waals surface area contributed by atoms with Crippen LogP contribution in [0.1, 0.15) is 0 Å². The summed E-state index contributed by atoms with van der Waals surface area (Å²) < 4.78 is 0. The maximum Gasteiger partial charge on any atom is 0.166 e. The van der Waals surface area contributed by atoms with Gasteiger partial charge in [0, 0.05) is 11.6 Å². The molecule has 1 aliphatic heterocycles. The zero-order valence-electron chi connectivity index (χ0n) is 4.13. The highest BCUT2D eigenvalue weighted by molar-refractivity contribution is 8.05. The van der Waals surface area contributed by atoms with E-state index in [1.165, 1.54) is 11.8 Å². The van der Waals surface area contributed by atoms with Crippen LogP contribution in [0, 0.1) is 0 Å². The van der Waals surface area contributed by atoms with Crippen LogP contribution in [-0.2, 0) is 4.79 Å². The lowest BCUT2D eigenvalue weighted by atomic mass is 10.5. The first-order valence-electron chi connectivity index (χ1n) is 2.16. The van der Waals surface area contributed by atoms with Gasteiger partial charge < -0.3 is 5.32 Å². The average molecular weight is 127 g/mol. The smallest absolute Gasteiger partial charge is 0.166 e. The van der Waals surface area contributed by atoms with Crippen molar-refractivity contribution in [3.63, 3.8) is 0 Å². The standard InChI is InChI=1S/C5H5NOS/c7-3-5-4-8-2-1-6-5/h1-4,6H. The summed E-state index contributed by atoms with van der Waals surface area (Å²) in [4.78, 5) is 9.98. The fourth-order valence-corrected chi connectivity index (χ4v) is 0.873. The fraction of sp³-hybridized carbons (Fsp3) is 0. The monoisotopic (exact) mass is 127 g/mol. The second-order valence-corrected chi connectivity index (χ2v) is 2.05. The Morgan fingerprint density at radius 3 is 3.00 bits per heavy atom. The molecule has 0 spiro atoms. The minimum absolute atomic E-state index is 0.623. The van der Waals surface area contributed by atoms with Crippen molar-refractivity contribution < 1.29 is 4.79 Å². The van der Waals surface area contributed by atoms with Crippen molar-refractivity contribution in [1.29, 1.82) is 0 Å². The van der Waals surface area contributed by atoms with Crippen LogP contribution in [0.25, 0.3) is 0 Å². The van der Waals surface area contributed by atoms with Crippen molar-refractivity contribution in [3.05, 3.63) is 22.7 Å². The van der Waals surface area contributed by atoms with Gasteiger partial charge in [-0.1, -0.05) is 0 Å². The zero-order valence-corrected chi connectivity index (χ0v) is 4.94. The SMILES string of the molecule is O=CC1=CSC=CN1. The van der Waals surface area contributed by atoms with Crippen LogP contribution in [0.4, 0.5) is 0 Å². The van der Waals surface area contributed by atoms with Gasteiger partial charge in [-0.3, -0.25) is 4.79 Å². The summed E-state index contributed by atoms with van der Waals surface area (Å²) in [5, 5.41) is 6.39. The van der Waals surface area contributed by atoms with E-state index in [0.29, 0.717) is 5.70 Å². The number of rotatable bonds is 1. The molecular weight excluding hydrogens is 122 g/mol. The molecule has 1 rings (SSSR count). The molecule has 3 heteroatoms. The van der Waals surface area contributed by atoms with Gasteiger partial charge in [-0.2, -0.15) is 0 Å². The first-order valence-corrected chi connectivity index (χ1v) is 3.10. The number of hydrogen-bond acceptors (Lipinski definition) is 3. The van der Waals surface area contributed by atoms with Crippen LogP contribution in [0.15, 0.2) is 22.7 Å². The minimum Gasteiger partial charge on any atom is -0.358 e. The summed E-state index contributed by atoms with van der Waals surface area (Å²) in [6, 6.07) is 0. The molecule has 0 radical (unpaired) electrons. The Morgan fingerprint density at radius 2 is 2.62 bits per heavy atom. The van der Waals surface area contributed by atoms with E-state index in [1.54, 1.807) is 11.6 Å². The van der Waals surface area contributed by atoms with E-state index in [2.05, 4.69) is 5.32 Å². The lowest BCUT2D eigenvalue weighted by Crippen LogP contribution is -2.06. The molecule has 0 aromatic carbocycles. The van der Waals surface area contributed by atoms with Crippen LogP contribution in [-0.4, -0.2) is 6.29 Å². The highest BCUT2D eigenvalue weighted by Crippen LogP contribution is 2.09. The lowest BCUT2D eigenvalue weighted by molar-refractivity contribution is -0.105. The summed E-state index contributed by atoms with van der Waals surface area (Å²) in [6.07, 6.45) is 2.52. The van der Waals surface area contributed by atoms with Crippen molar-refractivity contribution in [3.8, 4) is 0 Å². The van der Waals surface area contributed by atoms with Crippen molar-refractivity contribution in [2.75, 3.05) is 0 Å². The second kappa shape index (κ2) is 2.57. The minimum atomic E-state index is 0.623. The maximum absolute atomic E-state index is 9.98. The number of hydrogen-bond donors (Lipinski definition) is 1. The van der Waals surface area contributed by atoms with E-state index in [0.717, 1.165) is 6.29 Å². The molecular formula is C5H5NOS. The molecule has 0 saturated heterocycles. The van der Waals surface area contributed by atoms with Crippen molar-refractivity contribution in [2.45, 2.75) is 0 Å². The number of nitrogens with one attached hydrogen (secondary N) is 1. The number of carbonyl (C=O) groups is 1. The topological polar surface area (TPSA) is 29.1 Å². The van der Waals surface area contributed by atoms with Gasteiger partial charge >= 0.3 is 0 Å². The summed E-state index contributed by atoms with van der Waals surface area (Å²) >= 11 is 1.49. The molecule has 42 valence electrons. The number of thioether (sulfide) groups is 1. The van der Waals surface area contributed by atoms with E-state index >= 15 is 0 Å². The number of carbonyl (C=O) groups excluding carboxylic acids is 1. The van der Waals surface area contributed by atoms with Gasteiger partial charge in [0.15, 0.2) is 6.29 Å². The Kier molecular flexibility index (Phi) is 1.75. The third-order valence-electron chi connectivity index (χ3n) is 0.719. The van der Waals surface area contributed by atoms with Gasteiger partial charge in [0.1, 0.15) is 0 Å². The van der Waals surface area contributed by atoms with Gasteiger partial charge in [-0.25, -0.2) is 0 Å². The van der Waals surface area contributed by atoms with E-state index in [4.69, 9.17) is 0 Å². The third kappa shape index (κ3) is 1.13. The van der Waals surface area contributed by atoms with Crippen molar-refractivity contribution in [2.24, 2.45) is 0 Å². The van der Waals surface area contributed by atoms with E-state index in [9.17, 15) is 4.79 Å². The Hall–Kier alpha value is -0.700. The van der Waals surface area contributed by atoms with Crippen LogP contribution in [0.3, 0.4) is 0 Å². The van der Waals surface area contributed by atoms with Gasteiger partial charge in [-0.15, -0.1) is 11.8 Å². The zero-order chi connectivity index (χ0) is 5.82. The predicted molar refractivity (Wildman–Crippen MR) is 34.0 cm³/mol. The highest BCUT2D eigenvalue weighted by atomic mass is 32.2. The van der Waals surface area contributed by atoms with Crippen molar-refractivity contribution >= 4 is 18.0 Å². The Bertz CT molecular complexity index is 151. The van der Waals surface area contributed by atoms with E-state index in [1.807, 2.05) is 5.41 Å². The molecule has 0 bridgehead atoms. The Morgan fingerprint density at radius 1 is 1.75 bits per heavy atom. The van der Waals surface area contributed by atoms with Gasteiger partial charge in [0.05, 0.1) is 5.70 Å². The largest absolute Gasteiger partial charge is 0.358 e. The molecule has 0 aromatic rings. The summed E-state index contributed by atoms with van der Waals surface area (Å²) in [6.45, 7) is 0. The van der Waals surface area contributed by atoms with Gasteiger partial charge in [0.25, 0.3) is 0 Å². The molecule has 0 aliphatic carbocycles. The molecule has 1 N–H and O–H groups in total. The fourth-order valence-electron chi connectivity index (χ4n) is 0.378. The lowest BCUT2D eigenvalue weighted by Gasteiger charge is -2.00. The molecule has 0 unspecified atom stereocenters. The average Bonchev–Trinajstić information content (AvgIpc) is 1.90. The third-order valence-corrected chi connectivity index (χ3v) is 1.40. The molecule has 0 fully saturated rings. The molecule has 0 aromatic heterocycles. The molecule has 2 nitrogen and oxygen atoms in total. The maximum atomic E-state index is 9.98. The van der Waals surface area contributed by atoms with Crippen LogP contribution >= 0.6 is 11.8 Å². The first kappa shape index (κ1) is 5.44. The quantitative estimate of drug-likeness (QED) is 0.529. The van der Waals surface area contributed by atoms with Gasteiger partial charge in [-0.05, 0) is 5.41 Å². The first-order chi connectivity index (χ1) is 3.93. The Labute approximate surface area is 51.6 Å². The summed E-state index contributed by atoms with van der Waals surface area (Å²) in [7, 11) is 0. The highest BCUT2D eigenvalue weighted by Gasteiger charge is 1.91. The van der Waals surface area contributed by atoms with Crippen LogP contribution < -0.4 is 5.32 Å². The molecule has 1 heterocycles. The van der Waals surface area contributed by atoms with Crippen LogP contribution in [0.5, 0.6) is 0 Å². The summed E-state index contributed by atoms with van der Waals surface area (Å²) in [5.74, 6) is 0. The molecule has 8 heavy (non-hydrogen) atoms.